The molecule has 5 unspecified atom stereocenters. The lowest BCUT2D eigenvalue weighted by atomic mass is 10.0. The van der Waals surface area contributed by atoms with E-state index >= 15 is 0 Å². The van der Waals surface area contributed by atoms with Crippen LogP contribution in [0, 0.1) is 0 Å². The van der Waals surface area contributed by atoms with Crippen molar-refractivity contribution in [2.75, 3.05) is 39.6 Å². The fourth-order valence-electron chi connectivity index (χ4n) is 9.72. The van der Waals surface area contributed by atoms with Crippen LogP contribution >= 0.6 is 15.6 Å². The van der Waals surface area contributed by atoms with Crippen LogP contribution in [0.5, 0.6) is 0 Å². The largest absolute Gasteiger partial charge is 0.472 e. The van der Waals surface area contributed by atoms with Gasteiger partial charge in [-0.1, -0.05) is 289 Å². The smallest absolute Gasteiger partial charge is 0.463 e. The molecule has 0 aliphatic heterocycles. The van der Waals surface area contributed by atoms with Crippen LogP contribution in [0.3, 0.4) is 0 Å². The quantitative estimate of drug-likeness (QED) is 0.0146. The number of unbranched alkanes of at least 4 members (excludes halogenated alkanes) is 25. The van der Waals surface area contributed by atoms with Gasteiger partial charge in [-0.3, -0.25) is 32.5 Å². The van der Waals surface area contributed by atoms with E-state index in [1.807, 2.05) is 0 Å². The van der Waals surface area contributed by atoms with E-state index in [0.717, 1.165) is 167 Å². The highest BCUT2D eigenvalue weighted by atomic mass is 31.2. The van der Waals surface area contributed by atoms with Crippen molar-refractivity contribution in [1.29, 1.82) is 0 Å². The summed E-state index contributed by atoms with van der Waals surface area (Å²) in [5.41, 5.74) is 0. The third-order valence-corrected chi connectivity index (χ3v) is 17.3. The first-order chi connectivity index (χ1) is 47.2. The van der Waals surface area contributed by atoms with Gasteiger partial charge in [-0.05, 0) is 116 Å². The maximum Gasteiger partial charge on any atom is 0.472 e. The predicted molar refractivity (Wildman–Crippen MR) is 399 cm³/mol. The second-order valence-corrected chi connectivity index (χ2v) is 27.6. The summed E-state index contributed by atoms with van der Waals surface area (Å²) in [5.74, 6) is -1.61. The summed E-state index contributed by atoms with van der Waals surface area (Å²) < 4.78 is 61.1. The van der Waals surface area contributed by atoms with Crippen LogP contribution in [0.4, 0.5) is 0 Å². The zero-order valence-corrected chi connectivity index (χ0v) is 62.2. The number of phosphoric ester groups is 2. The molecule has 18 heteroatoms. The Morgan fingerprint density at radius 2 is 0.546 bits per heavy atom. The molecule has 5 atom stereocenters. The summed E-state index contributed by atoms with van der Waals surface area (Å²) in [6.45, 7) is 2.42. The fraction of sp³-hybridized carbons (Fsp3) is 0.684. The molecule has 0 aliphatic rings. The molecule has 0 aromatic rings. The van der Waals surface area contributed by atoms with Crippen LogP contribution in [0.2, 0.25) is 0 Å². The summed E-state index contributed by atoms with van der Waals surface area (Å²) in [5, 5.41) is 20.6. The van der Waals surface area contributed by atoms with Crippen molar-refractivity contribution in [3.05, 3.63) is 134 Å². The van der Waals surface area contributed by atoms with E-state index in [1.165, 1.54) is 64.2 Å². The third kappa shape index (κ3) is 72.8. The highest BCUT2D eigenvalue weighted by Gasteiger charge is 2.29. The Bertz CT molecular complexity index is 2300. The van der Waals surface area contributed by atoms with Gasteiger partial charge in [-0.15, -0.1) is 0 Å². The number of aliphatic hydroxyl groups is 2. The molecule has 0 bridgehead atoms. The molecule has 556 valence electrons. The molecule has 0 radical (unpaired) electrons. The van der Waals surface area contributed by atoms with E-state index in [2.05, 4.69) is 154 Å². The van der Waals surface area contributed by atoms with E-state index in [1.54, 1.807) is 0 Å². The number of esters is 3. The second kappa shape index (κ2) is 71.5. The molecular weight excluding hydrogens is 1270 g/mol. The van der Waals surface area contributed by atoms with Crippen molar-refractivity contribution in [2.45, 2.75) is 309 Å². The van der Waals surface area contributed by atoms with Gasteiger partial charge < -0.3 is 34.2 Å². The Labute approximate surface area is 588 Å². The Morgan fingerprint density at radius 3 is 0.866 bits per heavy atom. The SMILES string of the molecule is CC/C=C\C/C=C\C/C=C\C/C=C\C/C=C\C/C=C\CCCCCCC(=O)OCC(O)COP(=O)(O)OCC(O)COP(=O)(O)OCC(COC(=O)CCCCCCCCC/C=C\C/C=C\C/C=C\C/C=C\C/C=C\CC)OC(=O)CCCCCCCCCCCCCCCCC. The zero-order valence-electron chi connectivity index (χ0n) is 60.5. The Hall–Kier alpha value is -4.31. The number of hydrogen-bond donors (Lipinski definition) is 4. The molecule has 0 aromatic carbocycles. The van der Waals surface area contributed by atoms with E-state index in [4.69, 9.17) is 32.3 Å². The summed E-state index contributed by atoms with van der Waals surface area (Å²) in [4.78, 5) is 58.6. The van der Waals surface area contributed by atoms with Gasteiger partial charge in [0, 0.05) is 19.3 Å². The number of allylic oxidation sites excluding steroid dienone is 22. The van der Waals surface area contributed by atoms with Crippen LogP contribution in [0.25, 0.3) is 0 Å². The molecule has 0 spiro atoms. The van der Waals surface area contributed by atoms with E-state index in [9.17, 15) is 43.5 Å². The highest BCUT2D eigenvalue weighted by Crippen LogP contribution is 2.45. The van der Waals surface area contributed by atoms with Gasteiger partial charge in [-0.25, -0.2) is 9.13 Å². The van der Waals surface area contributed by atoms with Crippen LogP contribution in [0.1, 0.15) is 290 Å². The van der Waals surface area contributed by atoms with Gasteiger partial charge in [0.1, 0.15) is 25.4 Å². The monoisotopic (exact) mass is 1400 g/mol. The maximum absolute atomic E-state index is 13.0. The second-order valence-electron chi connectivity index (χ2n) is 24.7. The maximum atomic E-state index is 13.0. The molecule has 0 heterocycles. The lowest BCUT2D eigenvalue weighted by molar-refractivity contribution is -0.161. The first-order valence-electron chi connectivity index (χ1n) is 37.5. The first-order valence-corrected chi connectivity index (χ1v) is 40.5. The Balaban J connectivity index is 4.67. The molecule has 97 heavy (non-hydrogen) atoms. The van der Waals surface area contributed by atoms with E-state index < -0.39 is 91.5 Å². The fourth-order valence-corrected chi connectivity index (χ4v) is 11.3. The minimum Gasteiger partial charge on any atom is -0.463 e. The normalized spacial score (nSPS) is 14.8. The molecule has 0 aromatic heterocycles. The van der Waals surface area contributed by atoms with Crippen molar-refractivity contribution >= 4 is 33.6 Å². The van der Waals surface area contributed by atoms with Crippen molar-refractivity contribution in [1.82, 2.24) is 0 Å². The minimum atomic E-state index is -4.93. The number of ether oxygens (including phenoxy) is 3. The average molecular weight is 1400 g/mol. The van der Waals surface area contributed by atoms with Gasteiger partial charge in [0.15, 0.2) is 6.10 Å². The number of carbonyl (C=O) groups excluding carboxylic acids is 3. The van der Waals surface area contributed by atoms with Crippen molar-refractivity contribution in [3.8, 4) is 0 Å². The van der Waals surface area contributed by atoms with Crippen LogP contribution in [0.15, 0.2) is 134 Å². The van der Waals surface area contributed by atoms with Crippen molar-refractivity contribution in [2.24, 2.45) is 0 Å². The number of phosphoric acid groups is 2. The molecule has 0 amide bonds. The van der Waals surface area contributed by atoms with Gasteiger partial charge in [0.25, 0.3) is 0 Å². The lowest BCUT2D eigenvalue weighted by Crippen LogP contribution is -2.30. The van der Waals surface area contributed by atoms with E-state index in [0.29, 0.717) is 19.3 Å². The van der Waals surface area contributed by atoms with E-state index in [-0.39, 0.29) is 19.3 Å². The van der Waals surface area contributed by atoms with Gasteiger partial charge >= 0.3 is 33.6 Å². The summed E-state index contributed by atoms with van der Waals surface area (Å²) in [6, 6.07) is 0. The Morgan fingerprint density at radius 1 is 0.299 bits per heavy atom. The third-order valence-electron chi connectivity index (χ3n) is 15.4. The predicted octanol–water partition coefficient (Wildman–Crippen LogP) is 21.5. The highest BCUT2D eigenvalue weighted by molar-refractivity contribution is 7.47. The van der Waals surface area contributed by atoms with Crippen LogP contribution < -0.4 is 0 Å². The van der Waals surface area contributed by atoms with Crippen LogP contribution in [-0.2, 0) is 55.8 Å². The topological polar surface area (TPSA) is 231 Å². The summed E-state index contributed by atoms with van der Waals surface area (Å²) >= 11 is 0. The van der Waals surface area contributed by atoms with Gasteiger partial charge in [0.2, 0.25) is 0 Å². The molecule has 4 N–H and O–H groups in total. The molecular formula is C79H134O16P2. The molecule has 0 fully saturated rings. The summed E-state index contributed by atoms with van der Waals surface area (Å²) in [6.07, 6.45) is 84.9. The van der Waals surface area contributed by atoms with Crippen LogP contribution in [-0.4, -0.2) is 95.9 Å². The average Bonchev–Trinajstić information content (AvgIpc) is 1.77. The molecule has 0 saturated carbocycles. The first kappa shape index (κ1) is 92.7. The molecule has 0 saturated heterocycles. The zero-order chi connectivity index (χ0) is 70.9. The number of hydrogen-bond acceptors (Lipinski definition) is 14. The van der Waals surface area contributed by atoms with Gasteiger partial charge in [0.05, 0.1) is 26.4 Å². The molecule has 0 rings (SSSR count). The number of aliphatic hydroxyl groups excluding tert-OH is 2. The summed E-state index contributed by atoms with van der Waals surface area (Å²) in [7, 11) is -9.80. The minimum absolute atomic E-state index is 0.102. The van der Waals surface area contributed by atoms with Crippen molar-refractivity contribution < 1.29 is 75.8 Å². The lowest BCUT2D eigenvalue weighted by Gasteiger charge is -2.21. The number of carbonyl (C=O) groups is 3. The Kier molecular flexibility index (Phi) is 68.3. The standard InChI is InChI=1S/C79H134O16P2/c1-4-7-10-13-16-19-22-25-28-30-32-34-36-38-40-42-45-47-50-53-56-59-62-65-77(82)89-68-74(80)69-91-96(85,86)92-70-75(81)71-93-97(87,88)94-73-76(95-79(84)67-64-61-58-55-52-49-44-27-24-21-18-15-12-9-6-3)72-90-78(83)66-63-60-57-54-51-48-46-43-41-39-37-35-33-31-29-26-23-20-17-14-11-8-5-2/h7-8,10-11,16-17,19-20,25-26,28-29,32-35,38-41,45,47,74-76,80-81H,4-6,9,12-15,18,21-24,27,30-31,36-37,42-44,46,48-73H2,1-3H3,(H,85,86)(H,87,88)/b10-7-,11-8-,19-16-,20-17-,28-25-,29-26-,34-32-,35-33-,40-38-,41-39-,47-45-. The molecule has 16 nitrogen and oxygen atoms in total. The van der Waals surface area contributed by atoms with Crippen molar-refractivity contribution in [3.63, 3.8) is 0 Å². The molecule has 0 aliphatic carbocycles. The number of rotatable bonds is 70. The van der Waals surface area contributed by atoms with Gasteiger partial charge in [-0.2, -0.15) is 0 Å².